The van der Waals surface area contributed by atoms with Crippen molar-refractivity contribution in [3.8, 4) is 0 Å². The lowest BCUT2D eigenvalue weighted by Gasteiger charge is -2.61. The topological polar surface area (TPSA) is 584 Å². The summed E-state index contributed by atoms with van der Waals surface area (Å²) in [5.74, 6) is -0.455. The number of hydrogen-bond acceptors (Lipinski definition) is 37. The molecule has 46 atom stereocenters. The van der Waals surface area contributed by atoms with Gasteiger partial charge < -0.3 is 183 Å². The molecule has 4 saturated carbocycles. The van der Waals surface area contributed by atoms with Crippen molar-refractivity contribution in [2.24, 2.45) is 52.3 Å². The van der Waals surface area contributed by atoms with Crippen molar-refractivity contribution < 1.29 is 183 Å². The van der Waals surface area contributed by atoms with Gasteiger partial charge in [-0.15, -0.1) is 0 Å². The van der Waals surface area contributed by atoms with Gasteiger partial charge in [-0.3, -0.25) is 0 Å². The van der Waals surface area contributed by atoms with E-state index < -0.39 is 260 Å². The van der Waals surface area contributed by atoms with Crippen LogP contribution in [0.1, 0.15) is 98.8 Å². The summed E-state index contributed by atoms with van der Waals surface area (Å²) in [6, 6.07) is 0. The van der Waals surface area contributed by atoms with E-state index >= 15 is 0 Å². The summed E-state index contributed by atoms with van der Waals surface area (Å²) in [4.78, 5) is 0. The third-order valence-electron chi connectivity index (χ3n) is 26.0. The molecule has 12 rings (SSSR count). The predicted molar refractivity (Wildman–Crippen MR) is 342 cm³/mol. The maximum Gasteiger partial charge on any atom is 0.187 e. The van der Waals surface area contributed by atoms with Crippen LogP contribution in [0, 0.1) is 52.3 Å². The second-order valence-electron chi connectivity index (χ2n) is 32.3. The first-order chi connectivity index (χ1) is 49.7. The highest BCUT2D eigenvalue weighted by molar-refractivity contribution is 5.15. The van der Waals surface area contributed by atoms with Crippen molar-refractivity contribution in [2.45, 2.75) is 326 Å². The molecule has 0 amide bonds. The highest BCUT2D eigenvalue weighted by Crippen LogP contribution is 2.71. The number of hydrogen-bond donors (Lipinski definition) is 22. The maximum absolute atomic E-state index is 12.6. The Balaban J connectivity index is 0.708. The van der Waals surface area contributed by atoms with Crippen LogP contribution in [0.4, 0.5) is 0 Å². The Hall–Kier alpha value is -1.48. The van der Waals surface area contributed by atoms with E-state index in [2.05, 4.69) is 20.8 Å². The van der Waals surface area contributed by atoms with E-state index in [1.165, 1.54) is 6.92 Å². The number of aliphatic hydroxyl groups excluding tert-OH is 21. The number of rotatable bonds is 23. The molecule has 0 unspecified atom stereocenters. The van der Waals surface area contributed by atoms with Crippen molar-refractivity contribution in [1.82, 2.24) is 0 Å². The molecule has 8 saturated heterocycles. The fourth-order valence-electron chi connectivity index (χ4n) is 19.7. The summed E-state index contributed by atoms with van der Waals surface area (Å²) in [7, 11) is 0. The van der Waals surface area contributed by atoms with Gasteiger partial charge in [0.15, 0.2) is 49.8 Å². The third kappa shape index (κ3) is 15.9. The summed E-state index contributed by atoms with van der Waals surface area (Å²) in [5.41, 5.74) is -0.258. The first kappa shape index (κ1) is 83.0. The molecule has 0 aromatic carbocycles. The van der Waals surface area contributed by atoms with Gasteiger partial charge in [0.05, 0.1) is 64.6 Å². The lowest BCUT2D eigenvalue weighted by atomic mass is 9.44. The first-order valence-corrected chi connectivity index (χ1v) is 37.2. The van der Waals surface area contributed by atoms with E-state index in [1.807, 2.05) is 6.92 Å². The minimum Gasteiger partial charge on any atom is -0.394 e. The molecule has 8 aliphatic heterocycles. The second kappa shape index (κ2) is 33.5. The van der Waals surface area contributed by atoms with Crippen LogP contribution in [-0.2, 0) is 71.1 Å². The Morgan fingerprint density at radius 1 is 0.429 bits per heavy atom. The number of aliphatic hydroxyl groups is 22. The molecule has 0 bridgehead atoms. The Morgan fingerprint density at radius 2 is 0.943 bits per heavy atom. The van der Waals surface area contributed by atoms with Crippen molar-refractivity contribution in [3.63, 3.8) is 0 Å². The molecule has 0 aromatic rings. The molecule has 608 valence electrons. The van der Waals surface area contributed by atoms with Crippen molar-refractivity contribution in [1.29, 1.82) is 0 Å². The van der Waals surface area contributed by atoms with Crippen LogP contribution in [0.25, 0.3) is 0 Å². The van der Waals surface area contributed by atoms with E-state index in [0.29, 0.717) is 43.4 Å². The molecule has 4 aliphatic carbocycles. The second-order valence-corrected chi connectivity index (χ2v) is 32.3. The van der Waals surface area contributed by atoms with Crippen molar-refractivity contribution in [3.05, 3.63) is 0 Å². The average Bonchev–Trinajstić information content (AvgIpc) is 1.54. The normalized spacial score (nSPS) is 55.6. The third-order valence-corrected chi connectivity index (χ3v) is 26.0. The molecule has 37 nitrogen and oxygen atoms in total. The minimum absolute atomic E-state index is 0.0909. The number of fused-ring (bicyclic) bond motifs is 7. The van der Waals surface area contributed by atoms with Crippen LogP contribution in [0.3, 0.4) is 0 Å². The zero-order valence-electron chi connectivity index (χ0n) is 59.3. The standard InChI is InChI=1S/C68H114O37/c1-23(20-91-59-49(84)45(80)41(76)33(16-69)96-59)8-13-68(90)24(2)38-32(105-68)15-30-28-7-6-26-14-27(9-11-66(26,4)29(28)10-12-67(30,38)5)95-65-58(104-62-51(86)44(79)39(74)25(3)94-62)53(88)55(36(19-72)99-65)102-64-54(89)57(43(78)35(18-71)98-64)103-63-52(87)47(82)56(101-61-48(83)40(75)31(73)21-92-61)37(100-63)22-93-60-50(85)46(81)42(77)34(17-70)97-60/h23-65,69-90H,6-22H2,1-5H3/t23-,24+,25+,26+,27+,28-,29+,30+,31-,32+,33-,34-,35-,36-,37-,38+,39+,40+,41-,42-,43-,44-,45+,46+,47-,48-,49-,50-,51-,52-,53+,54-,55-,56-,57+,58-,59-,60-,61+,62+,63+,64+,65-,66+,67+,68+/m1/s1. The Bertz CT molecular complexity index is 2770. The van der Waals surface area contributed by atoms with Crippen LogP contribution >= 0.6 is 0 Å². The molecular weight excluding hydrogens is 1410 g/mol. The monoisotopic (exact) mass is 1520 g/mol. The van der Waals surface area contributed by atoms with Gasteiger partial charge >= 0.3 is 0 Å². The van der Waals surface area contributed by atoms with Crippen LogP contribution in [0.2, 0.25) is 0 Å². The fourth-order valence-corrected chi connectivity index (χ4v) is 19.7. The summed E-state index contributed by atoms with van der Waals surface area (Å²) in [6.07, 6.45) is -53.9. The van der Waals surface area contributed by atoms with Crippen molar-refractivity contribution in [2.75, 3.05) is 46.2 Å². The van der Waals surface area contributed by atoms with Gasteiger partial charge in [0, 0.05) is 12.3 Å². The van der Waals surface area contributed by atoms with Gasteiger partial charge in [-0.2, -0.15) is 0 Å². The highest BCUT2D eigenvalue weighted by atomic mass is 16.8. The molecule has 0 spiro atoms. The Morgan fingerprint density at radius 3 is 1.60 bits per heavy atom. The van der Waals surface area contributed by atoms with Crippen LogP contribution in [0.5, 0.6) is 0 Å². The maximum atomic E-state index is 12.6. The lowest BCUT2D eigenvalue weighted by molar-refractivity contribution is -0.400. The van der Waals surface area contributed by atoms with Crippen molar-refractivity contribution >= 4 is 0 Å². The van der Waals surface area contributed by atoms with E-state index in [1.54, 1.807) is 0 Å². The summed E-state index contributed by atoms with van der Waals surface area (Å²) in [5, 5.41) is 240. The average molecular weight is 1520 g/mol. The predicted octanol–water partition coefficient (Wildman–Crippen LogP) is -8.82. The van der Waals surface area contributed by atoms with E-state index in [4.69, 9.17) is 71.1 Å². The SMILES string of the molecule is C[C@H](CC[C@]1(O)O[C@H]2C[C@H]3[C@@H]4CC[C@H]5C[C@@H](O[C@@H]6O[C@H](CO)[C@@H](O[C@@H]7O[C@H](CO)[C@@H](O)[C@H](O[C@@H]8O[C@H](CO[C@@H]9O[C@H](CO)[C@@H](O)[C@H](O)[C@H]9O)[C@@H](O[C@@H]9OC[C@@H](O)[C@H](O)[C@H]9O)[C@H](O)[C@H]8O)[C@H]7O)[C@H](O)[C@H]6O[C@@H]6O[C@@H](C)[C@H](O)[C@@H](O)[C@H]6O)CC[C@]5(C)[C@H]4CC[C@]3(C)[C@H]2[C@@H]1C)CO[C@@H]1O[C@H](CO)[C@@H](O)[C@H](O)[C@H]1O. The molecule has 0 radical (unpaired) electrons. The first-order valence-electron chi connectivity index (χ1n) is 37.2. The lowest BCUT2D eigenvalue weighted by Crippen LogP contribution is -2.68. The molecule has 37 heteroatoms. The zero-order valence-corrected chi connectivity index (χ0v) is 59.3. The minimum atomic E-state index is -2.23. The molecular formula is C68H114O37. The fraction of sp³-hybridized carbons (Fsp3) is 1.00. The largest absolute Gasteiger partial charge is 0.394 e. The Labute approximate surface area is 605 Å². The van der Waals surface area contributed by atoms with E-state index in [9.17, 15) is 112 Å². The van der Waals surface area contributed by atoms with Gasteiger partial charge in [-0.05, 0) is 111 Å². The molecule has 12 fully saturated rings. The summed E-state index contributed by atoms with van der Waals surface area (Å²) >= 11 is 0. The summed E-state index contributed by atoms with van der Waals surface area (Å²) in [6.45, 7) is 5.46. The van der Waals surface area contributed by atoms with Gasteiger partial charge in [0.25, 0.3) is 0 Å². The smallest absolute Gasteiger partial charge is 0.187 e. The molecule has 8 heterocycles. The van der Waals surface area contributed by atoms with E-state index in [-0.39, 0.29) is 47.2 Å². The molecule has 0 aromatic heterocycles. The van der Waals surface area contributed by atoms with Crippen LogP contribution in [0.15, 0.2) is 0 Å². The highest BCUT2D eigenvalue weighted by Gasteiger charge is 2.69. The van der Waals surface area contributed by atoms with Gasteiger partial charge in [-0.25, -0.2) is 0 Å². The molecule has 12 aliphatic rings. The van der Waals surface area contributed by atoms with Crippen LogP contribution < -0.4 is 0 Å². The molecule has 105 heavy (non-hydrogen) atoms. The Kier molecular flexibility index (Phi) is 26.5. The zero-order chi connectivity index (χ0) is 76.0. The quantitative estimate of drug-likeness (QED) is 0.0423. The molecule has 22 N–H and O–H groups in total. The number of ether oxygens (including phenoxy) is 15. The van der Waals surface area contributed by atoms with Gasteiger partial charge in [0.2, 0.25) is 0 Å². The van der Waals surface area contributed by atoms with E-state index in [0.717, 1.165) is 38.5 Å². The van der Waals surface area contributed by atoms with Gasteiger partial charge in [-0.1, -0.05) is 27.7 Å². The summed E-state index contributed by atoms with van der Waals surface area (Å²) < 4.78 is 90.1. The van der Waals surface area contributed by atoms with Gasteiger partial charge in [0.1, 0.15) is 159 Å². The van der Waals surface area contributed by atoms with Crippen LogP contribution in [-0.4, -0.2) is 385 Å².